The predicted octanol–water partition coefficient (Wildman–Crippen LogP) is 1.83. The van der Waals surface area contributed by atoms with Crippen LogP contribution in [0, 0.1) is 13.8 Å². The Hall–Kier alpha value is -1.98. The number of carbonyl (C=O) groups is 1. The zero-order valence-electron chi connectivity index (χ0n) is 13.4. The predicted molar refractivity (Wildman–Crippen MR) is 87.5 cm³/mol. The number of hydrogen-bond acceptors (Lipinski definition) is 4. The molecule has 0 bridgehead atoms. The lowest BCUT2D eigenvalue weighted by atomic mass is 9.93. The summed E-state index contributed by atoms with van der Waals surface area (Å²) < 4.78 is 0. The Bertz CT molecular complexity index is 754. The number of rotatable bonds is 2. The number of hydrogen-bond donors (Lipinski definition) is 2. The molecule has 1 aromatic heterocycles. The lowest BCUT2D eigenvalue weighted by Gasteiger charge is -2.29. The Morgan fingerprint density at radius 1 is 1.41 bits per heavy atom. The van der Waals surface area contributed by atoms with Crippen LogP contribution in [0.3, 0.4) is 0 Å². The molecule has 0 unspecified atom stereocenters. The van der Waals surface area contributed by atoms with E-state index in [1.54, 1.807) is 0 Å². The van der Waals surface area contributed by atoms with Crippen molar-refractivity contribution in [1.82, 2.24) is 15.3 Å². The molecule has 0 saturated carbocycles. The fraction of sp³-hybridized carbons (Fsp3) is 0.412. The maximum absolute atomic E-state index is 12.4. The van der Waals surface area contributed by atoms with Crippen LogP contribution in [0.15, 0.2) is 12.1 Å². The number of fused-ring (bicyclic) bond motifs is 2. The molecule has 5 heteroatoms. The van der Waals surface area contributed by atoms with Gasteiger partial charge in [0.05, 0.1) is 11.1 Å². The molecule has 22 heavy (non-hydrogen) atoms. The summed E-state index contributed by atoms with van der Waals surface area (Å²) in [4.78, 5) is 19.6. The lowest BCUT2D eigenvalue weighted by molar-refractivity contribution is 0.0952. The highest BCUT2D eigenvalue weighted by Crippen LogP contribution is 2.30. The van der Waals surface area contributed by atoms with Gasteiger partial charge in [-0.3, -0.25) is 20.1 Å². The quantitative estimate of drug-likeness (QED) is 0.504. The monoisotopic (exact) mass is 298 g/mol. The molecule has 0 radical (unpaired) electrons. The van der Waals surface area contributed by atoms with Gasteiger partial charge in [-0.25, -0.2) is 5.84 Å². The first-order valence-corrected chi connectivity index (χ1v) is 7.71. The van der Waals surface area contributed by atoms with Crippen LogP contribution >= 0.6 is 0 Å². The van der Waals surface area contributed by atoms with Crippen LogP contribution in [-0.2, 0) is 13.0 Å². The highest BCUT2D eigenvalue weighted by Gasteiger charge is 2.25. The van der Waals surface area contributed by atoms with Crippen molar-refractivity contribution in [3.63, 3.8) is 0 Å². The fourth-order valence-corrected chi connectivity index (χ4v) is 3.20. The van der Waals surface area contributed by atoms with E-state index in [4.69, 9.17) is 10.8 Å². The smallest absolute Gasteiger partial charge is 0.266 e. The molecule has 116 valence electrons. The average Bonchev–Trinajstić information content (AvgIpc) is 2.55. The van der Waals surface area contributed by atoms with Crippen LogP contribution in [0.2, 0.25) is 0 Å². The molecule has 3 N–H and O–H groups in total. The summed E-state index contributed by atoms with van der Waals surface area (Å²) in [5.41, 5.74) is 8.27. The summed E-state index contributed by atoms with van der Waals surface area (Å²) in [5, 5.41) is 0.891. The van der Waals surface area contributed by atoms with Crippen LogP contribution in [0.5, 0.6) is 0 Å². The molecule has 1 aromatic carbocycles. The number of nitrogens with two attached hydrogens (primary N) is 1. The highest BCUT2D eigenvalue weighted by atomic mass is 16.2. The largest absolute Gasteiger partial charge is 0.299 e. The number of aromatic nitrogens is 1. The van der Waals surface area contributed by atoms with E-state index in [9.17, 15) is 4.79 Å². The standard InChI is InChI=1S/C17H22N4O/c1-4-21-8-7-14-13(9-21)15(17(22)20-18)12-6-5-10(2)11(3)16(12)19-14/h5-6H,4,7-9,18H2,1-3H3,(H,20,22). The summed E-state index contributed by atoms with van der Waals surface area (Å²) in [6.07, 6.45) is 0.872. The van der Waals surface area contributed by atoms with E-state index in [0.29, 0.717) is 5.56 Å². The van der Waals surface area contributed by atoms with E-state index in [0.717, 1.165) is 53.8 Å². The van der Waals surface area contributed by atoms with Gasteiger partial charge in [0.15, 0.2) is 0 Å². The average molecular weight is 298 g/mol. The summed E-state index contributed by atoms with van der Waals surface area (Å²) in [5.74, 6) is 5.20. The molecular weight excluding hydrogens is 276 g/mol. The number of aryl methyl sites for hydroxylation is 2. The van der Waals surface area contributed by atoms with Gasteiger partial charge in [0.25, 0.3) is 5.91 Å². The van der Waals surface area contributed by atoms with Crippen molar-refractivity contribution < 1.29 is 4.79 Å². The molecular formula is C17H22N4O. The van der Waals surface area contributed by atoms with Gasteiger partial charge in [-0.1, -0.05) is 19.1 Å². The van der Waals surface area contributed by atoms with Gasteiger partial charge in [0, 0.05) is 36.2 Å². The molecule has 0 aliphatic carbocycles. The third-order valence-electron chi connectivity index (χ3n) is 4.72. The molecule has 1 aliphatic rings. The summed E-state index contributed by atoms with van der Waals surface area (Å²) in [7, 11) is 0. The van der Waals surface area contributed by atoms with Gasteiger partial charge in [-0.2, -0.15) is 0 Å². The van der Waals surface area contributed by atoms with Crippen molar-refractivity contribution in [2.75, 3.05) is 13.1 Å². The minimum atomic E-state index is -0.232. The summed E-state index contributed by atoms with van der Waals surface area (Å²) in [6.45, 7) is 8.96. The van der Waals surface area contributed by atoms with Crippen LogP contribution < -0.4 is 11.3 Å². The number of nitrogen functional groups attached to an aromatic ring is 1. The third-order valence-corrected chi connectivity index (χ3v) is 4.72. The maximum Gasteiger partial charge on any atom is 0.266 e. The van der Waals surface area contributed by atoms with Gasteiger partial charge in [-0.05, 0) is 31.5 Å². The molecule has 2 heterocycles. The van der Waals surface area contributed by atoms with E-state index in [1.807, 2.05) is 12.1 Å². The van der Waals surface area contributed by atoms with Crippen molar-refractivity contribution in [3.05, 3.63) is 40.1 Å². The molecule has 3 rings (SSSR count). The topological polar surface area (TPSA) is 71.2 Å². The Kier molecular flexibility index (Phi) is 3.85. The number of pyridine rings is 1. The number of nitrogens with zero attached hydrogens (tertiary/aromatic N) is 2. The number of amides is 1. The second-order valence-electron chi connectivity index (χ2n) is 5.91. The number of nitrogens with one attached hydrogen (secondary N) is 1. The normalized spacial score (nSPS) is 14.9. The van der Waals surface area contributed by atoms with Crippen molar-refractivity contribution in [3.8, 4) is 0 Å². The minimum Gasteiger partial charge on any atom is -0.299 e. The Morgan fingerprint density at radius 2 is 2.18 bits per heavy atom. The van der Waals surface area contributed by atoms with Crippen LogP contribution in [-0.4, -0.2) is 28.9 Å². The van der Waals surface area contributed by atoms with Gasteiger partial charge < -0.3 is 0 Å². The zero-order valence-corrected chi connectivity index (χ0v) is 13.4. The molecule has 5 nitrogen and oxygen atoms in total. The first-order valence-electron chi connectivity index (χ1n) is 7.71. The third kappa shape index (κ3) is 2.26. The molecule has 0 spiro atoms. The van der Waals surface area contributed by atoms with E-state index in [1.165, 1.54) is 5.56 Å². The zero-order chi connectivity index (χ0) is 15.9. The van der Waals surface area contributed by atoms with Crippen molar-refractivity contribution in [2.45, 2.75) is 33.7 Å². The number of carbonyl (C=O) groups excluding carboxylic acids is 1. The Labute approximate surface area is 130 Å². The molecule has 0 saturated heterocycles. The molecule has 1 amide bonds. The van der Waals surface area contributed by atoms with E-state index >= 15 is 0 Å². The number of benzene rings is 1. The van der Waals surface area contributed by atoms with Crippen molar-refractivity contribution in [1.29, 1.82) is 0 Å². The Morgan fingerprint density at radius 3 is 2.86 bits per heavy atom. The molecule has 0 fully saturated rings. The summed E-state index contributed by atoms with van der Waals surface area (Å²) in [6, 6.07) is 4.03. The number of hydrazine groups is 1. The first kappa shape index (κ1) is 14.9. The fourth-order valence-electron chi connectivity index (χ4n) is 3.20. The van der Waals surface area contributed by atoms with Gasteiger partial charge in [-0.15, -0.1) is 0 Å². The van der Waals surface area contributed by atoms with E-state index < -0.39 is 0 Å². The van der Waals surface area contributed by atoms with E-state index in [-0.39, 0.29) is 5.91 Å². The van der Waals surface area contributed by atoms with Crippen LogP contribution in [0.25, 0.3) is 10.9 Å². The van der Waals surface area contributed by atoms with Crippen LogP contribution in [0.1, 0.15) is 39.7 Å². The number of likely N-dealkylation sites (N-methyl/N-ethyl adjacent to an activating group) is 1. The minimum absolute atomic E-state index is 0.232. The molecule has 1 aliphatic heterocycles. The second-order valence-corrected chi connectivity index (χ2v) is 5.91. The van der Waals surface area contributed by atoms with E-state index in [2.05, 4.69) is 31.1 Å². The molecule has 2 aromatic rings. The maximum atomic E-state index is 12.4. The SMILES string of the molecule is CCN1CCc2nc3c(C)c(C)ccc3c(C(=O)NN)c2C1. The first-order chi connectivity index (χ1) is 10.6. The molecule has 0 atom stereocenters. The van der Waals surface area contributed by atoms with Gasteiger partial charge in [0.2, 0.25) is 0 Å². The highest BCUT2D eigenvalue weighted by molar-refractivity contribution is 6.08. The summed E-state index contributed by atoms with van der Waals surface area (Å²) >= 11 is 0. The van der Waals surface area contributed by atoms with Crippen molar-refractivity contribution >= 4 is 16.8 Å². The second kappa shape index (κ2) is 5.66. The van der Waals surface area contributed by atoms with Gasteiger partial charge >= 0.3 is 0 Å². The van der Waals surface area contributed by atoms with Gasteiger partial charge in [0.1, 0.15) is 0 Å². The Balaban J connectivity index is 2.33. The lowest BCUT2D eigenvalue weighted by Crippen LogP contribution is -2.36. The van der Waals surface area contributed by atoms with Crippen LogP contribution in [0.4, 0.5) is 0 Å². The van der Waals surface area contributed by atoms with Crippen molar-refractivity contribution in [2.24, 2.45) is 5.84 Å².